The minimum Gasteiger partial charge on any atom is -0.395 e. The number of carbonyl (C=O) groups excluding carboxylic acids is 1. The van der Waals surface area contributed by atoms with Gasteiger partial charge in [-0.05, 0) is 18.2 Å². The van der Waals surface area contributed by atoms with Gasteiger partial charge in [0, 0.05) is 10.4 Å². The normalized spacial score (nSPS) is 10.2. The number of amides is 1. The van der Waals surface area contributed by atoms with Crippen LogP contribution in [-0.4, -0.2) is 16.6 Å². The zero-order valence-corrected chi connectivity index (χ0v) is 8.32. The van der Waals surface area contributed by atoms with Crippen LogP contribution in [0.3, 0.4) is 0 Å². The van der Waals surface area contributed by atoms with Gasteiger partial charge in [-0.25, -0.2) is 0 Å². The third-order valence-electron chi connectivity index (χ3n) is 1.96. The van der Waals surface area contributed by atoms with Gasteiger partial charge >= 0.3 is 0 Å². The highest BCUT2D eigenvalue weighted by Gasteiger charge is 2.06. The fraction of sp³-hybridized carbons (Fsp3) is 0. The Labute approximate surface area is 90.2 Å². The van der Waals surface area contributed by atoms with Crippen molar-refractivity contribution in [3.05, 3.63) is 23.2 Å². The average Bonchev–Trinajstić information content (AvgIpc) is 2.22. The van der Waals surface area contributed by atoms with Crippen LogP contribution in [-0.2, 0) is 4.79 Å². The molecule has 0 radical (unpaired) electrons. The van der Waals surface area contributed by atoms with Gasteiger partial charge in [-0.3, -0.25) is 4.79 Å². The summed E-state index contributed by atoms with van der Waals surface area (Å²) in [4.78, 5) is 10.3. The number of nitrogens with zero attached hydrogens (tertiary/aromatic N) is 2. The molecule has 0 aliphatic rings. The number of fused-ring (bicyclic) bond motifs is 1. The minimum atomic E-state index is 0.250. The van der Waals surface area contributed by atoms with Crippen LogP contribution in [0, 0.1) is 0 Å². The molecule has 2 aromatic rings. The van der Waals surface area contributed by atoms with Crippen LogP contribution in [0.5, 0.6) is 0 Å². The van der Waals surface area contributed by atoms with Crippen molar-refractivity contribution in [3.8, 4) is 0 Å². The molecule has 76 valence electrons. The van der Waals surface area contributed by atoms with Crippen molar-refractivity contribution in [2.24, 2.45) is 0 Å². The Balaban J connectivity index is 2.68. The number of aromatic nitrogens is 2. The zero-order chi connectivity index (χ0) is 10.8. The molecule has 0 saturated heterocycles. The Morgan fingerprint density at radius 2 is 2.20 bits per heavy atom. The highest BCUT2D eigenvalue weighted by atomic mass is 35.5. The summed E-state index contributed by atoms with van der Waals surface area (Å²) in [5.74, 6) is 0.250. The van der Waals surface area contributed by atoms with Crippen LogP contribution in [0.25, 0.3) is 10.9 Å². The first-order chi connectivity index (χ1) is 7.22. The topological polar surface area (TPSA) is 80.9 Å². The van der Waals surface area contributed by atoms with Crippen molar-refractivity contribution in [1.29, 1.82) is 0 Å². The smallest absolute Gasteiger partial charge is 0.212 e. The predicted octanol–water partition coefficient (Wildman–Crippen LogP) is 1.43. The van der Waals surface area contributed by atoms with E-state index in [0.717, 1.165) is 0 Å². The lowest BCUT2D eigenvalue weighted by atomic mass is 10.2. The largest absolute Gasteiger partial charge is 0.395 e. The Bertz CT molecular complexity index is 529. The van der Waals surface area contributed by atoms with Crippen molar-refractivity contribution in [3.63, 3.8) is 0 Å². The molecule has 0 aliphatic carbocycles. The molecule has 6 heteroatoms. The average molecular weight is 223 g/mol. The fourth-order valence-corrected chi connectivity index (χ4v) is 1.43. The van der Waals surface area contributed by atoms with Gasteiger partial charge in [0.25, 0.3) is 0 Å². The summed E-state index contributed by atoms with van der Waals surface area (Å²) in [6.45, 7) is 0. The molecule has 0 saturated carbocycles. The number of hydrogen-bond acceptors (Lipinski definition) is 4. The number of halogens is 1. The Hall–Kier alpha value is -1.88. The molecule has 1 aromatic carbocycles. The molecule has 2 rings (SSSR count). The van der Waals surface area contributed by atoms with E-state index >= 15 is 0 Å². The van der Waals surface area contributed by atoms with Crippen molar-refractivity contribution in [1.82, 2.24) is 10.2 Å². The highest BCUT2D eigenvalue weighted by Crippen LogP contribution is 2.26. The van der Waals surface area contributed by atoms with Gasteiger partial charge in [-0.2, -0.15) is 0 Å². The molecule has 1 amide bonds. The summed E-state index contributed by atoms with van der Waals surface area (Å²) in [6.07, 6.45) is 0.502. The predicted molar refractivity (Wildman–Crippen MR) is 58.6 cm³/mol. The molecule has 3 N–H and O–H groups in total. The van der Waals surface area contributed by atoms with Gasteiger partial charge in [0.2, 0.25) is 6.41 Å². The van der Waals surface area contributed by atoms with Gasteiger partial charge in [0.05, 0.1) is 11.2 Å². The van der Waals surface area contributed by atoms with Gasteiger partial charge in [0.15, 0.2) is 5.82 Å². The standard InChI is InChI=1S/C9H7ClN4O/c10-5-1-2-6-7(3-5)13-14-9(8(6)11)12-4-15/h1-4H,(H2,11,13)(H,12,14,15). The lowest BCUT2D eigenvalue weighted by molar-refractivity contribution is -0.105. The molecule has 1 heterocycles. The van der Waals surface area contributed by atoms with Crippen molar-refractivity contribution >= 4 is 40.4 Å². The molecule has 0 atom stereocenters. The van der Waals surface area contributed by atoms with E-state index in [1.54, 1.807) is 18.2 Å². The minimum absolute atomic E-state index is 0.250. The molecule has 0 bridgehead atoms. The highest BCUT2D eigenvalue weighted by molar-refractivity contribution is 6.31. The van der Waals surface area contributed by atoms with E-state index in [9.17, 15) is 4.79 Å². The molecular formula is C9H7ClN4O. The molecule has 0 spiro atoms. The molecule has 15 heavy (non-hydrogen) atoms. The lowest BCUT2D eigenvalue weighted by Crippen LogP contribution is -2.03. The zero-order valence-electron chi connectivity index (χ0n) is 7.57. The second kappa shape index (κ2) is 3.70. The third kappa shape index (κ3) is 1.69. The summed E-state index contributed by atoms with van der Waals surface area (Å²) in [5.41, 5.74) is 6.76. The number of rotatable bonds is 2. The SMILES string of the molecule is Nc1c(NC=O)nnc2cc(Cl)ccc12. The maximum atomic E-state index is 10.3. The fourth-order valence-electron chi connectivity index (χ4n) is 1.26. The third-order valence-corrected chi connectivity index (χ3v) is 2.19. The number of nitrogen functional groups attached to an aromatic ring is 1. The Kier molecular flexibility index (Phi) is 2.39. The van der Waals surface area contributed by atoms with E-state index in [0.29, 0.717) is 28.0 Å². The number of nitrogens with two attached hydrogens (primary N) is 1. The van der Waals surface area contributed by atoms with Crippen LogP contribution in [0.2, 0.25) is 5.02 Å². The first kappa shape index (κ1) is 9.67. The number of benzene rings is 1. The monoisotopic (exact) mass is 222 g/mol. The number of anilines is 2. The lowest BCUT2D eigenvalue weighted by Gasteiger charge is -2.05. The summed E-state index contributed by atoms with van der Waals surface area (Å²) < 4.78 is 0. The molecule has 0 fully saturated rings. The van der Waals surface area contributed by atoms with E-state index in [-0.39, 0.29) is 5.82 Å². The van der Waals surface area contributed by atoms with Crippen molar-refractivity contribution < 1.29 is 4.79 Å². The second-order valence-electron chi connectivity index (χ2n) is 2.89. The van der Waals surface area contributed by atoms with Gasteiger partial charge in [-0.15, -0.1) is 10.2 Å². The van der Waals surface area contributed by atoms with Gasteiger partial charge in [0.1, 0.15) is 0 Å². The first-order valence-electron chi connectivity index (χ1n) is 4.14. The summed E-state index contributed by atoms with van der Waals surface area (Å²) >= 11 is 5.79. The van der Waals surface area contributed by atoms with E-state index < -0.39 is 0 Å². The maximum Gasteiger partial charge on any atom is 0.212 e. The van der Waals surface area contributed by atoms with Gasteiger partial charge in [-0.1, -0.05) is 11.6 Å². The van der Waals surface area contributed by atoms with Crippen LogP contribution < -0.4 is 11.1 Å². The maximum absolute atomic E-state index is 10.3. The van der Waals surface area contributed by atoms with Gasteiger partial charge < -0.3 is 11.1 Å². The van der Waals surface area contributed by atoms with E-state index in [2.05, 4.69) is 15.5 Å². The van der Waals surface area contributed by atoms with E-state index in [1.165, 1.54) is 0 Å². The molecule has 5 nitrogen and oxygen atoms in total. The Morgan fingerprint density at radius 3 is 2.93 bits per heavy atom. The summed E-state index contributed by atoms with van der Waals surface area (Å²) in [5, 5.41) is 11.3. The first-order valence-corrected chi connectivity index (χ1v) is 4.52. The van der Waals surface area contributed by atoms with Crippen molar-refractivity contribution in [2.45, 2.75) is 0 Å². The number of nitrogens with one attached hydrogen (secondary N) is 1. The number of hydrogen-bond donors (Lipinski definition) is 2. The molecule has 0 unspecified atom stereocenters. The Morgan fingerprint density at radius 1 is 1.40 bits per heavy atom. The quantitative estimate of drug-likeness (QED) is 0.754. The van der Waals surface area contributed by atoms with Crippen LogP contribution >= 0.6 is 11.6 Å². The second-order valence-corrected chi connectivity index (χ2v) is 3.32. The molecular weight excluding hydrogens is 216 g/mol. The van der Waals surface area contributed by atoms with E-state index in [4.69, 9.17) is 17.3 Å². The summed E-state index contributed by atoms with van der Waals surface area (Å²) in [6, 6.07) is 5.09. The summed E-state index contributed by atoms with van der Waals surface area (Å²) in [7, 11) is 0. The van der Waals surface area contributed by atoms with Crippen molar-refractivity contribution in [2.75, 3.05) is 11.1 Å². The number of carbonyl (C=O) groups is 1. The molecule has 0 aliphatic heterocycles. The van der Waals surface area contributed by atoms with Crippen LogP contribution in [0.4, 0.5) is 11.5 Å². The van der Waals surface area contributed by atoms with Crippen LogP contribution in [0.1, 0.15) is 0 Å². The van der Waals surface area contributed by atoms with E-state index in [1.807, 2.05) is 0 Å². The van der Waals surface area contributed by atoms with Crippen LogP contribution in [0.15, 0.2) is 18.2 Å². The molecule has 1 aromatic heterocycles.